The number of methoxy groups -OCH3 is 1. The Morgan fingerprint density at radius 1 is 1.00 bits per heavy atom. The zero-order valence-corrected chi connectivity index (χ0v) is 27.4. The first-order valence-corrected chi connectivity index (χ1v) is 15.5. The lowest BCUT2D eigenvalue weighted by atomic mass is 9.80. The van der Waals surface area contributed by atoms with Crippen molar-refractivity contribution in [3.05, 3.63) is 122 Å². The summed E-state index contributed by atoms with van der Waals surface area (Å²) < 4.78 is 21.8. The number of allylic oxidation sites excluding steroid dienone is 2. The molecule has 2 unspecified atom stereocenters. The van der Waals surface area contributed by atoms with Crippen molar-refractivity contribution in [3.63, 3.8) is 0 Å². The van der Waals surface area contributed by atoms with Gasteiger partial charge in [-0.2, -0.15) is 5.26 Å². The number of nitro groups is 1. The number of nitrogens with one attached hydrogen (secondary N) is 2. The van der Waals surface area contributed by atoms with Crippen molar-refractivity contribution in [3.8, 4) is 17.6 Å². The Balaban J connectivity index is 1.25. The largest absolute Gasteiger partial charge is 0.490 e. The number of carbonyl (C=O) groups excluding carboxylic acids is 2. The summed E-state index contributed by atoms with van der Waals surface area (Å²) in [4.78, 5) is 37.1. The van der Waals surface area contributed by atoms with E-state index < -0.39 is 28.9 Å². The third kappa shape index (κ3) is 9.66. The number of hydrogen-bond acceptors (Lipinski definition) is 12. The summed E-state index contributed by atoms with van der Waals surface area (Å²) in [5, 5.41) is 37.0. The molecule has 13 nitrogen and oxygen atoms in total. The molecule has 3 N–H and O–H groups in total. The van der Waals surface area contributed by atoms with E-state index in [-0.39, 0.29) is 36.7 Å². The summed E-state index contributed by atoms with van der Waals surface area (Å²) in [6, 6.07) is 22.1. The first-order valence-electron chi connectivity index (χ1n) is 15.5. The van der Waals surface area contributed by atoms with Crippen LogP contribution in [-0.2, 0) is 25.5 Å². The Bertz CT molecular complexity index is 1760. The lowest BCUT2D eigenvalue weighted by Crippen LogP contribution is -2.32. The standard InChI is InChI=1S/C36H38N4O9/c1-23-32(35(42)46-3)34(26-8-6-9-28(19-26)40(44)45)33(24(2)39-23)36(43)48-18-17-47-30-13-11-25(12-14-30)15-16-38-21-29(41)22-49-31-10-5-4-7-27(31)20-37/h4-14,19,29,34,38-39,41H,15-18,21-22H2,1-3H3. The number of carbonyl (C=O) groups is 2. The van der Waals surface area contributed by atoms with Gasteiger partial charge in [-0.15, -0.1) is 0 Å². The number of non-ortho nitro benzene ring substituents is 1. The SMILES string of the molecule is COC(=O)C1=C(C)NC(C)=C(C(=O)OCCOc2ccc(CCNCC(O)COc3ccccc3C#N)cc2)C1c1cccc([N+](=O)[O-])c1. The summed E-state index contributed by atoms with van der Waals surface area (Å²) in [6.45, 7) is 4.31. The molecule has 3 aromatic carbocycles. The van der Waals surface area contributed by atoms with Gasteiger partial charge in [0.15, 0.2) is 0 Å². The van der Waals surface area contributed by atoms with Crippen LogP contribution in [0, 0.1) is 21.4 Å². The molecule has 13 heteroatoms. The van der Waals surface area contributed by atoms with Crippen molar-refractivity contribution in [1.29, 1.82) is 5.26 Å². The van der Waals surface area contributed by atoms with E-state index >= 15 is 0 Å². The maximum absolute atomic E-state index is 13.4. The second-order valence-electron chi connectivity index (χ2n) is 11.1. The van der Waals surface area contributed by atoms with E-state index in [0.717, 1.165) is 5.56 Å². The molecule has 1 heterocycles. The fourth-order valence-corrected chi connectivity index (χ4v) is 5.35. The number of aliphatic hydroxyl groups is 1. The summed E-state index contributed by atoms with van der Waals surface area (Å²) >= 11 is 0. The first kappa shape index (κ1) is 36.1. The van der Waals surface area contributed by atoms with Gasteiger partial charge in [-0.05, 0) is 62.2 Å². The maximum Gasteiger partial charge on any atom is 0.336 e. The van der Waals surface area contributed by atoms with Crippen LogP contribution >= 0.6 is 0 Å². The monoisotopic (exact) mass is 670 g/mol. The Labute approximate surface area is 283 Å². The van der Waals surface area contributed by atoms with Gasteiger partial charge < -0.3 is 34.7 Å². The molecule has 0 amide bonds. The van der Waals surface area contributed by atoms with Gasteiger partial charge in [0.2, 0.25) is 0 Å². The number of nitrogens with zero attached hydrogens (tertiary/aromatic N) is 2. The molecule has 0 aliphatic carbocycles. The van der Waals surface area contributed by atoms with Gasteiger partial charge in [0, 0.05) is 30.1 Å². The Hall–Kier alpha value is -5.71. The molecule has 3 aromatic rings. The second kappa shape index (κ2) is 17.4. The maximum atomic E-state index is 13.4. The van der Waals surface area contributed by atoms with E-state index in [0.29, 0.717) is 53.5 Å². The van der Waals surface area contributed by atoms with Gasteiger partial charge in [-0.1, -0.05) is 36.4 Å². The minimum atomic E-state index is -0.951. The number of dihydropyridines is 1. The molecule has 0 bridgehead atoms. The number of hydrogen-bond donors (Lipinski definition) is 3. The molecule has 0 aromatic heterocycles. The smallest absolute Gasteiger partial charge is 0.336 e. The summed E-state index contributed by atoms with van der Waals surface area (Å²) in [5.41, 5.74) is 2.84. The van der Waals surface area contributed by atoms with Crippen molar-refractivity contribution in [2.45, 2.75) is 32.3 Å². The van der Waals surface area contributed by atoms with Crippen molar-refractivity contribution in [1.82, 2.24) is 10.6 Å². The van der Waals surface area contributed by atoms with E-state index in [2.05, 4.69) is 16.7 Å². The van der Waals surface area contributed by atoms with Crippen LogP contribution in [0.5, 0.6) is 11.5 Å². The van der Waals surface area contributed by atoms with Crippen molar-refractivity contribution < 1.29 is 38.6 Å². The topological polar surface area (TPSA) is 182 Å². The zero-order valence-electron chi connectivity index (χ0n) is 27.4. The number of para-hydroxylation sites is 1. The molecule has 0 saturated heterocycles. The summed E-state index contributed by atoms with van der Waals surface area (Å²) in [7, 11) is 1.22. The van der Waals surface area contributed by atoms with Gasteiger partial charge in [-0.25, -0.2) is 9.59 Å². The number of benzene rings is 3. The Morgan fingerprint density at radius 2 is 1.71 bits per heavy atom. The summed E-state index contributed by atoms with van der Waals surface area (Å²) in [5.74, 6) is -1.32. The van der Waals surface area contributed by atoms with E-state index in [1.54, 1.807) is 56.3 Å². The number of nitriles is 1. The predicted octanol–water partition coefficient (Wildman–Crippen LogP) is 4.07. The van der Waals surface area contributed by atoms with Crippen LogP contribution in [0.3, 0.4) is 0 Å². The molecule has 256 valence electrons. The molecule has 0 spiro atoms. The number of rotatable bonds is 16. The molecule has 0 saturated carbocycles. The van der Waals surface area contributed by atoms with E-state index in [1.165, 1.54) is 25.3 Å². The molecule has 4 rings (SSSR count). The van der Waals surface area contributed by atoms with E-state index in [9.17, 15) is 24.8 Å². The van der Waals surface area contributed by atoms with Crippen LogP contribution < -0.4 is 20.1 Å². The fourth-order valence-electron chi connectivity index (χ4n) is 5.35. The highest BCUT2D eigenvalue weighted by Crippen LogP contribution is 2.40. The third-order valence-electron chi connectivity index (χ3n) is 7.72. The van der Waals surface area contributed by atoms with Crippen LogP contribution in [0.25, 0.3) is 0 Å². The van der Waals surface area contributed by atoms with Gasteiger partial charge in [0.25, 0.3) is 5.69 Å². The number of nitro benzene ring substituents is 1. The minimum absolute atomic E-state index is 0.0603. The quantitative estimate of drug-likeness (QED) is 0.0861. The van der Waals surface area contributed by atoms with Crippen molar-refractivity contribution in [2.75, 3.05) is 40.0 Å². The zero-order chi connectivity index (χ0) is 35.3. The molecule has 49 heavy (non-hydrogen) atoms. The average Bonchev–Trinajstić information content (AvgIpc) is 3.11. The number of esters is 2. The van der Waals surface area contributed by atoms with Gasteiger partial charge in [0.1, 0.15) is 43.5 Å². The lowest BCUT2D eigenvalue weighted by Gasteiger charge is -2.30. The fraction of sp³-hybridized carbons (Fsp3) is 0.306. The van der Waals surface area contributed by atoms with Crippen LogP contribution in [0.1, 0.15) is 36.5 Å². The molecule has 2 atom stereocenters. The van der Waals surface area contributed by atoms with Gasteiger partial charge in [-0.3, -0.25) is 10.1 Å². The molecule has 0 fully saturated rings. The molecular formula is C36H38N4O9. The van der Waals surface area contributed by atoms with Crippen molar-refractivity contribution >= 4 is 17.6 Å². The second-order valence-corrected chi connectivity index (χ2v) is 11.1. The lowest BCUT2D eigenvalue weighted by molar-refractivity contribution is -0.384. The number of ether oxygens (including phenoxy) is 4. The van der Waals surface area contributed by atoms with Crippen LogP contribution in [0.4, 0.5) is 5.69 Å². The van der Waals surface area contributed by atoms with Gasteiger partial charge in [0.05, 0.1) is 34.7 Å². The van der Waals surface area contributed by atoms with Gasteiger partial charge >= 0.3 is 11.9 Å². The molecular weight excluding hydrogens is 632 g/mol. The Morgan fingerprint density at radius 3 is 2.41 bits per heavy atom. The first-order chi connectivity index (χ1) is 23.6. The highest BCUT2D eigenvalue weighted by molar-refractivity contribution is 5.99. The van der Waals surface area contributed by atoms with Crippen LogP contribution in [-0.4, -0.2) is 68.1 Å². The van der Waals surface area contributed by atoms with Crippen LogP contribution in [0.2, 0.25) is 0 Å². The Kier molecular flexibility index (Phi) is 12.9. The predicted molar refractivity (Wildman–Crippen MR) is 179 cm³/mol. The number of aliphatic hydroxyl groups excluding tert-OH is 1. The van der Waals surface area contributed by atoms with Crippen molar-refractivity contribution in [2.24, 2.45) is 0 Å². The van der Waals surface area contributed by atoms with E-state index in [4.69, 9.17) is 24.2 Å². The normalized spacial score (nSPS) is 14.7. The van der Waals surface area contributed by atoms with E-state index in [1.807, 2.05) is 12.1 Å². The average molecular weight is 671 g/mol. The molecule has 0 radical (unpaired) electrons. The third-order valence-corrected chi connectivity index (χ3v) is 7.72. The molecule has 1 aliphatic rings. The summed E-state index contributed by atoms with van der Waals surface area (Å²) in [6.07, 6.45) is -0.0364. The minimum Gasteiger partial charge on any atom is -0.490 e. The van der Waals surface area contributed by atoms with Crippen LogP contribution in [0.15, 0.2) is 95.3 Å². The molecule has 1 aliphatic heterocycles. The highest BCUT2D eigenvalue weighted by Gasteiger charge is 2.38. The highest BCUT2D eigenvalue weighted by atomic mass is 16.6.